The van der Waals surface area contributed by atoms with Gasteiger partial charge in [-0.2, -0.15) is 0 Å². The number of likely N-dealkylation sites (tertiary alicyclic amines) is 1. The zero-order chi connectivity index (χ0) is 14.8. The number of nitrogens with zero attached hydrogens (tertiary/aromatic N) is 1. The first-order valence-corrected chi connectivity index (χ1v) is 7.70. The van der Waals surface area contributed by atoms with Gasteiger partial charge in [0.2, 0.25) is 0 Å². The Bertz CT molecular complexity index is 663. The maximum absolute atomic E-state index is 12.4. The van der Waals surface area contributed by atoms with Gasteiger partial charge in [0.15, 0.2) is 5.78 Å². The predicted octanol–water partition coefficient (Wildman–Crippen LogP) is 4.43. The monoisotopic (exact) mass is 319 g/mol. The molecule has 0 aromatic heterocycles. The van der Waals surface area contributed by atoms with Gasteiger partial charge in [0.25, 0.3) is 0 Å². The van der Waals surface area contributed by atoms with Crippen LogP contribution >= 0.6 is 23.2 Å². The molecule has 0 saturated carbocycles. The molecule has 0 aliphatic carbocycles. The number of rotatable bonds is 4. The molecule has 1 heterocycles. The molecule has 2 aromatic rings. The van der Waals surface area contributed by atoms with Crippen molar-refractivity contribution >= 4 is 29.0 Å². The number of hydrogen-bond acceptors (Lipinski definition) is 2. The molecule has 0 amide bonds. The molecule has 1 aliphatic rings. The van der Waals surface area contributed by atoms with E-state index in [2.05, 4.69) is 4.90 Å². The lowest BCUT2D eigenvalue weighted by Crippen LogP contribution is -2.36. The van der Waals surface area contributed by atoms with Crippen molar-refractivity contribution in [2.24, 2.45) is 0 Å². The Hall–Kier alpha value is -1.35. The highest BCUT2D eigenvalue weighted by molar-refractivity contribution is 6.37. The molecule has 2 nitrogen and oxygen atoms in total. The Kier molecular flexibility index (Phi) is 4.29. The lowest BCUT2D eigenvalue weighted by molar-refractivity contribution is 0.103. The molecule has 0 N–H and O–H groups in total. The Labute approximate surface area is 134 Å². The van der Waals surface area contributed by atoms with Crippen molar-refractivity contribution in [1.82, 2.24) is 4.90 Å². The van der Waals surface area contributed by atoms with Crippen LogP contribution in [0.5, 0.6) is 0 Å². The van der Waals surface area contributed by atoms with Crippen LogP contribution in [0.25, 0.3) is 0 Å². The molecule has 21 heavy (non-hydrogen) atoms. The molecule has 0 atom stereocenters. The summed E-state index contributed by atoms with van der Waals surface area (Å²) < 4.78 is 0. The lowest BCUT2D eigenvalue weighted by Gasteiger charge is -2.30. The molecule has 3 rings (SSSR count). The van der Waals surface area contributed by atoms with E-state index >= 15 is 0 Å². The Balaban J connectivity index is 1.77. The number of carbonyl (C=O) groups is 1. The Morgan fingerprint density at radius 1 is 1.05 bits per heavy atom. The zero-order valence-electron chi connectivity index (χ0n) is 11.5. The van der Waals surface area contributed by atoms with Gasteiger partial charge in [0.05, 0.1) is 5.02 Å². The quantitative estimate of drug-likeness (QED) is 0.777. The molecule has 108 valence electrons. The van der Waals surface area contributed by atoms with Crippen molar-refractivity contribution in [3.05, 3.63) is 69.2 Å². The summed E-state index contributed by atoms with van der Waals surface area (Å²) in [5.74, 6) is -0.0767. The van der Waals surface area contributed by atoms with Crippen molar-refractivity contribution in [3.8, 4) is 0 Å². The molecular formula is C17H15Cl2NO. The van der Waals surface area contributed by atoms with Gasteiger partial charge in [0.1, 0.15) is 0 Å². The van der Waals surface area contributed by atoms with Gasteiger partial charge in [-0.3, -0.25) is 9.69 Å². The normalized spacial score (nSPS) is 14.8. The van der Waals surface area contributed by atoms with Crippen LogP contribution in [-0.4, -0.2) is 23.8 Å². The van der Waals surface area contributed by atoms with E-state index < -0.39 is 0 Å². The van der Waals surface area contributed by atoms with Crippen molar-refractivity contribution in [1.29, 1.82) is 0 Å². The first-order chi connectivity index (χ1) is 10.1. The van der Waals surface area contributed by atoms with Crippen LogP contribution in [0.1, 0.15) is 27.9 Å². The van der Waals surface area contributed by atoms with Crippen LogP contribution in [0.4, 0.5) is 0 Å². The molecular weight excluding hydrogens is 305 g/mol. The van der Waals surface area contributed by atoms with E-state index in [0.717, 1.165) is 6.54 Å². The summed E-state index contributed by atoms with van der Waals surface area (Å²) in [7, 11) is 0. The second-order valence-electron chi connectivity index (χ2n) is 5.28. The van der Waals surface area contributed by atoms with E-state index in [9.17, 15) is 4.79 Å². The first kappa shape index (κ1) is 14.6. The summed E-state index contributed by atoms with van der Waals surface area (Å²) in [5, 5.41) is 0.915. The van der Waals surface area contributed by atoms with Gasteiger partial charge >= 0.3 is 0 Å². The first-order valence-electron chi connectivity index (χ1n) is 6.94. The summed E-state index contributed by atoms with van der Waals surface area (Å²) >= 11 is 11.9. The van der Waals surface area contributed by atoms with Crippen LogP contribution in [0.15, 0.2) is 42.5 Å². The van der Waals surface area contributed by atoms with E-state index in [4.69, 9.17) is 23.2 Å². The fourth-order valence-corrected chi connectivity index (χ4v) is 2.88. The van der Waals surface area contributed by atoms with Gasteiger partial charge in [-0.1, -0.05) is 47.5 Å². The van der Waals surface area contributed by atoms with Crippen molar-refractivity contribution in [2.75, 3.05) is 13.1 Å². The van der Waals surface area contributed by atoms with Crippen molar-refractivity contribution in [3.63, 3.8) is 0 Å². The smallest absolute Gasteiger partial charge is 0.194 e. The van der Waals surface area contributed by atoms with Crippen LogP contribution in [0.3, 0.4) is 0 Å². The topological polar surface area (TPSA) is 20.3 Å². The second-order valence-corrected chi connectivity index (χ2v) is 6.12. The lowest BCUT2D eigenvalue weighted by atomic mass is 10.0. The predicted molar refractivity (Wildman–Crippen MR) is 86.2 cm³/mol. The number of benzene rings is 2. The molecule has 0 spiro atoms. The van der Waals surface area contributed by atoms with E-state index in [0.29, 0.717) is 21.2 Å². The number of ketones is 1. The average molecular weight is 320 g/mol. The molecule has 1 fully saturated rings. The molecule has 1 aliphatic heterocycles. The molecule has 0 radical (unpaired) electrons. The fourth-order valence-electron chi connectivity index (χ4n) is 2.39. The third-order valence-corrected chi connectivity index (χ3v) is 4.29. The van der Waals surface area contributed by atoms with E-state index in [-0.39, 0.29) is 5.78 Å². The highest BCUT2D eigenvalue weighted by atomic mass is 35.5. The average Bonchev–Trinajstić information content (AvgIpc) is 2.43. The summed E-state index contributed by atoms with van der Waals surface area (Å²) in [4.78, 5) is 14.8. The Morgan fingerprint density at radius 3 is 2.33 bits per heavy atom. The molecule has 2 aromatic carbocycles. The number of hydrogen-bond donors (Lipinski definition) is 0. The maximum atomic E-state index is 12.4. The summed E-state index contributed by atoms with van der Waals surface area (Å²) in [6.07, 6.45) is 1.28. The van der Waals surface area contributed by atoms with Gasteiger partial charge in [0, 0.05) is 22.7 Å². The van der Waals surface area contributed by atoms with Crippen molar-refractivity contribution < 1.29 is 4.79 Å². The van der Waals surface area contributed by atoms with E-state index in [1.807, 2.05) is 24.3 Å². The molecule has 1 saturated heterocycles. The fraction of sp³-hybridized carbons (Fsp3) is 0.235. The minimum atomic E-state index is -0.0767. The summed E-state index contributed by atoms with van der Waals surface area (Å²) in [6.45, 7) is 3.29. The van der Waals surface area contributed by atoms with Crippen LogP contribution in [0.2, 0.25) is 10.0 Å². The van der Waals surface area contributed by atoms with Crippen LogP contribution in [0, 0.1) is 0 Å². The SMILES string of the molecule is O=C(c1ccc(CN2CCC2)cc1)c1ccc(Cl)cc1Cl. The highest BCUT2D eigenvalue weighted by Gasteiger charge is 2.15. The second kappa shape index (κ2) is 6.18. The van der Waals surface area contributed by atoms with Gasteiger partial charge in [-0.15, -0.1) is 0 Å². The molecule has 4 heteroatoms. The summed E-state index contributed by atoms with van der Waals surface area (Å²) in [6, 6.07) is 12.7. The van der Waals surface area contributed by atoms with E-state index in [1.54, 1.807) is 18.2 Å². The van der Waals surface area contributed by atoms with Crippen LogP contribution < -0.4 is 0 Å². The zero-order valence-corrected chi connectivity index (χ0v) is 13.0. The minimum absolute atomic E-state index is 0.0767. The Morgan fingerprint density at radius 2 is 1.76 bits per heavy atom. The van der Waals surface area contributed by atoms with Gasteiger partial charge in [-0.05, 0) is 43.3 Å². The van der Waals surface area contributed by atoms with Gasteiger partial charge < -0.3 is 0 Å². The van der Waals surface area contributed by atoms with Crippen molar-refractivity contribution in [2.45, 2.75) is 13.0 Å². The largest absolute Gasteiger partial charge is 0.299 e. The highest BCUT2D eigenvalue weighted by Crippen LogP contribution is 2.24. The van der Waals surface area contributed by atoms with E-state index in [1.165, 1.54) is 25.1 Å². The molecule has 0 bridgehead atoms. The molecule has 0 unspecified atom stereocenters. The maximum Gasteiger partial charge on any atom is 0.194 e. The van der Waals surface area contributed by atoms with Gasteiger partial charge in [-0.25, -0.2) is 0 Å². The number of halogens is 2. The summed E-state index contributed by atoms with van der Waals surface area (Å²) in [5.41, 5.74) is 2.36. The third kappa shape index (κ3) is 3.29. The minimum Gasteiger partial charge on any atom is -0.299 e. The third-order valence-electron chi connectivity index (χ3n) is 3.75. The van der Waals surface area contributed by atoms with Crippen LogP contribution in [-0.2, 0) is 6.54 Å². The number of carbonyl (C=O) groups excluding carboxylic acids is 1. The standard InChI is InChI=1S/C17H15Cl2NO/c18-14-6-7-15(16(19)10-14)17(21)13-4-2-12(3-5-13)11-20-8-1-9-20/h2-7,10H,1,8-9,11H2.